The van der Waals surface area contributed by atoms with Gasteiger partial charge in [0.2, 0.25) is 5.56 Å². The summed E-state index contributed by atoms with van der Waals surface area (Å²) in [4.78, 5) is 29.4. The number of aromatic nitrogens is 1. The number of ether oxygens (including phenoxy) is 1. The number of nitrogens with zero attached hydrogens (tertiary/aromatic N) is 1. The van der Waals surface area contributed by atoms with E-state index in [9.17, 15) is 9.59 Å². The molecule has 1 N–H and O–H groups in total. The molecule has 30 heavy (non-hydrogen) atoms. The van der Waals surface area contributed by atoms with Crippen molar-refractivity contribution in [2.24, 2.45) is 0 Å². The second-order valence-corrected chi connectivity index (χ2v) is 7.25. The van der Waals surface area contributed by atoms with Crippen molar-refractivity contribution in [2.75, 3.05) is 7.05 Å². The van der Waals surface area contributed by atoms with Gasteiger partial charge in [-0.2, -0.15) is 0 Å². The molecule has 2 aromatic heterocycles. The van der Waals surface area contributed by atoms with Crippen LogP contribution in [0.5, 0.6) is 5.75 Å². The minimum absolute atomic E-state index is 0.0690. The first-order valence-electron chi connectivity index (χ1n) is 9.33. The van der Waals surface area contributed by atoms with E-state index in [1.165, 1.54) is 12.3 Å². The van der Waals surface area contributed by atoms with Gasteiger partial charge < -0.3 is 19.0 Å². The van der Waals surface area contributed by atoms with Gasteiger partial charge >= 0.3 is 0 Å². The highest BCUT2D eigenvalue weighted by molar-refractivity contribution is 6.32. The number of carbonyl (C=O) groups is 1. The number of carbonyl (C=O) groups excluding carboxylic acids is 1. The van der Waals surface area contributed by atoms with Crippen molar-refractivity contribution in [2.45, 2.75) is 13.2 Å². The molecule has 0 aliphatic heterocycles. The molecular weight excluding hydrogens is 404 g/mol. The summed E-state index contributed by atoms with van der Waals surface area (Å²) in [5, 5.41) is 1.38. The summed E-state index contributed by atoms with van der Waals surface area (Å²) in [5.41, 5.74) is 1.70. The van der Waals surface area contributed by atoms with Crippen LogP contribution in [0.4, 0.5) is 0 Å². The van der Waals surface area contributed by atoms with Crippen molar-refractivity contribution >= 4 is 28.4 Å². The quantitative estimate of drug-likeness (QED) is 0.491. The Hall–Kier alpha value is -3.51. The molecule has 0 aliphatic carbocycles. The lowest BCUT2D eigenvalue weighted by atomic mass is 10.1. The number of nitrogens with one attached hydrogen (secondary N) is 1. The molecule has 0 saturated carbocycles. The van der Waals surface area contributed by atoms with Crippen LogP contribution in [0.3, 0.4) is 0 Å². The van der Waals surface area contributed by atoms with Crippen LogP contribution in [0.25, 0.3) is 10.9 Å². The second kappa shape index (κ2) is 8.47. The standard InChI is InChI=1S/C23H19ClN2O4/c1-26(13-15-12-22(27)25-19-8-4-2-6-16(15)19)23(28)17-10-11-29-21(17)14-30-20-9-5-3-7-18(20)24/h2-12H,13-14H2,1H3,(H,25,27). The molecule has 0 saturated heterocycles. The number of hydrogen-bond donors (Lipinski definition) is 1. The summed E-state index contributed by atoms with van der Waals surface area (Å²) in [5.74, 6) is 0.686. The summed E-state index contributed by atoms with van der Waals surface area (Å²) in [6, 6.07) is 17.7. The largest absolute Gasteiger partial charge is 0.484 e. The van der Waals surface area contributed by atoms with Crippen LogP contribution in [-0.4, -0.2) is 22.8 Å². The van der Waals surface area contributed by atoms with E-state index in [4.69, 9.17) is 20.8 Å². The molecule has 4 rings (SSSR count). The Balaban J connectivity index is 1.53. The number of hydrogen-bond acceptors (Lipinski definition) is 4. The van der Waals surface area contributed by atoms with Crippen molar-refractivity contribution in [3.05, 3.63) is 99.2 Å². The summed E-state index contributed by atoms with van der Waals surface area (Å²) >= 11 is 6.11. The average molecular weight is 423 g/mol. The fourth-order valence-electron chi connectivity index (χ4n) is 3.29. The molecule has 0 atom stereocenters. The van der Waals surface area contributed by atoms with E-state index in [0.29, 0.717) is 22.1 Å². The Morgan fingerprint density at radius 2 is 1.90 bits per heavy atom. The van der Waals surface area contributed by atoms with Crippen LogP contribution in [-0.2, 0) is 13.2 Å². The van der Waals surface area contributed by atoms with E-state index < -0.39 is 0 Å². The number of benzene rings is 2. The van der Waals surface area contributed by atoms with Gasteiger partial charge in [-0.05, 0) is 29.8 Å². The smallest absolute Gasteiger partial charge is 0.257 e. The lowest BCUT2D eigenvalue weighted by Crippen LogP contribution is -2.27. The highest BCUT2D eigenvalue weighted by Gasteiger charge is 2.20. The number of rotatable bonds is 6. The van der Waals surface area contributed by atoms with Gasteiger partial charge in [0.15, 0.2) is 5.76 Å². The maximum Gasteiger partial charge on any atom is 0.257 e. The maximum absolute atomic E-state index is 13.0. The lowest BCUT2D eigenvalue weighted by Gasteiger charge is -2.18. The molecule has 4 aromatic rings. The molecule has 7 heteroatoms. The number of amides is 1. The monoisotopic (exact) mass is 422 g/mol. The third-order valence-electron chi connectivity index (χ3n) is 4.76. The Morgan fingerprint density at radius 1 is 1.13 bits per heavy atom. The Kier molecular flexibility index (Phi) is 5.59. The zero-order valence-corrected chi connectivity index (χ0v) is 17.0. The molecule has 2 heterocycles. The first-order chi connectivity index (χ1) is 14.5. The molecule has 0 spiro atoms. The third-order valence-corrected chi connectivity index (χ3v) is 5.07. The molecule has 0 aliphatic rings. The molecule has 6 nitrogen and oxygen atoms in total. The normalized spacial score (nSPS) is 10.9. The highest BCUT2D eigenvalue weighted by atomic mass is 35.5. The highest BCUT2D eigenvalue weighted by Crippen LogP contribution is 2.25. The number of H-pyrrole nitrogens is 1. The van der Waals surface area contributed by atoms with Crippen molar-refractivity contribution in [3.8, 4) is 5.75 Å². The lowest BCUT2D eigenvalue weighted by molar-refractivity contribution is 0.0780. The van der Waals surface area contributed by atoms with Crippen molar-refractivity contribution in [1.29, 1.82) is 0 Å². The fraction of sp³-hybridized carbons (Fsp3) is 0.130. The van der Waals surface area contributed by atoms with Gasteiger partial charge in [-0.25, -0.2) is 0 Å². The van der Waals surface area contributed by atoms with Crippen molar-refractivity contribution in [1.82, 2.24) is 9.88 Å². The number of furan rings is 1. The van der Waals surface area contributed by atoms with Crippen LogP contribution >= 0.6 is 11.6 Å². The van der Waals surface area contributed by atoms with Crippen molar-refractivity contribution in [3.63, 3.8) is 0 Å². The summed E-state index contributed by atoms with van der Waals surface area (Å²) in [7, 11) is 1.68. The molecule has 0 unspecified atom stereocenters. The predicted molar refractivity (Wildman–Crippen MR) is 115 cm³/mol. The Bertz CT molecular complexity index is 1260. The summed E-state index contributed by atoms with van der Waals surface area (Å²) < 4.78 is 11.2. The topological polar surface area (TPSA) is 75.5 Å². The summed E-state index contributed by atoms with van der Waals surface area (Å²) in [6.07, 6.45) is 1.45. The number of aromatic amines is 1. The van der Waals surface area contributed by atoms with E-state index in [2.05, 4.69) is 4.98 Å². The molecule has 2 aromatic carbocycles. The number of halogens is 1. The Labute approximate surface area is 177 Å². The van der Waals surface area contributed by atoms with Gasteiger partial charge in [-0.3, -0.25) is 9.59 Å². The number of fused-ring (bicyclic) bond motifs is 1. The molecule has 152 valence electrons. The Morgan fingerprint density at radius 3 is 2.73 bits per heavy atom. The van der Waals surface area contributed by atoms with Crippen LogP contribution in [0.2, 0.25) is 5.02 Å². The van der Waals surface area contributed by atoms with Gasteiger partial charge in [-0.15, -0.1) is 0 Å². The van der Waals surface area contributed by atoms with Gasteiger partial charge in [0.05, 0.1) is 16.8 Å². The predicted octanol–water partition coefficient (Wildman–Crippen LogP) is 4.63. The SMILES string of the molecule is CN(Cc1cc(=O)[nH]c2ccccc12)C(=O)c1ccoc1COc1ccccc1Cl. The maximum atomic E-state index is 13.0. The van der Waals surface area contributed by atoms with Crippen LogP contribution in [0, 0.1) is 0 Å². The van der Waals surface area contributed by atoms with Gasteiger partial charge in [0.25, 0.3) is 5.91 Å². The third kappa shape index (κ3) is 4.09. The van der Waals surface area contributed by atoms with E-state index in [-0.39, 0.29) is 24.6 Å². The van der Waals surface area contributed by atoms with E-state index in [0.717, 1.165) is 16.5 Å². The molecule has 0 fully saturated rings. The second-order valence-electron chi connectivity index (χ2n) is 6.84. The van der Waals surface area contributed by atoms with E-state index >= 15 is 0 Å². The van der Waals surface area contributed by atoms with Crippen LogP contribution in [0.1, 0.15) is 21.7 Å². The van der Waals surface area contributed by atoms with Gasteiger partial charge in [0, 0.05) is 30.6 Å². The number of para-hydroxylation sites is 2. The number of pyridine rings is 1. The molecule has 1 amide bonds. The van der Waals surface area contributed by atoms with Gasteiger partial charge in [0.1, 0.15) is 12.4 Å². The fourth-order valence-corrected chi connectivity index (χ4v) is 3.48. The minimum Gasteiger partial charge on any atom is -0.484 e. The molecule has 0 radical (unpaired) electrons. The van der Waals surface area contributed by atoms with E-state index in [1.54, 1.807) is 30.1 Å². The van der Waals surface area contributed by atoms with Crippen molar-refractivity contribution < 1.29 is 13.9 Å². The molecular formula is C23H19ClN2O4. The minimum atomic E-state index is -0.231. The molecule has 0 bridgehead atoms. The van der Waals surface area contributed by atoms with E-state index in [1.807, 2.05) is 36.4 Å². The average Bonchev–Trinajstić information content (AvgIpc) is 3.21. The summed E-state index contributed by atoms with van der Waals surface area (Å²) in [6.45, 7) is 0.346. The van der Waals surface area contributed by atoms with Crippen LogP contribution < -0.4 is 10.3 Å². The first-order valence-corrected chi connectivity index (χ1v) is 9.71. The van der Waals surface area contributed by atoms with Crippen LogP contribution in [0.15, 0.2) is 76.1 Å². The zero-order valence-electron chi connectivity index (χ0n) is 16.2. The zero-order chi connectivity index (χ0) is 21.1. The van der Waals surface area contributed by atoms with Gasteiger partial charge in [-0.1, -0.05) is 41.9 Å². The first kappa shape index (κ1) is 19.8.